The maximum Gasteiger partial charge on any atom is 0.165 e. The molecule has 4 fully saturated rings. The van der Waals surface area contributed by atoms with Crippen molar-refractivity contribution < 1.29 is 13.9 Å². The minimum atomic E-state index is -0.303. The minimum absolute atomic E-state index is 0.173. The molecule has 0 spiro atoms. The van der Waals surface area contributed by atoms with Crippen LogP contribution >= 0.6 is 0 Å². The third kappa shape index (κ3) is 2.70. The third-order valence-corrected chi connectivity index (χ3v) is 5.66. The van der Waals surface area contributed by atoms with E-state index in [1.165, 1.54) is 26.0 Å². The summed E-state index contributed by atoms with van der Waals surface area (Å²) < 4.78 is 24.5. The Kier molecular flexibility index (Phi) is 3.54. The number of rotatable bonds is 4. The average Bonchev–Trinajstić information content (AvgIpc) is 3.01. The molecular weight excluding hydrogens is 295 g/mol. The maximum absolute atomic E-state index is 13.5. The number of benzene rings is 1. The molecule has 2 bridgehead atoms. The summed E-state index contributed by atoms with van der Waals surface area (Å²) in [6.45, 7) is 8.38. The summed E-state index contributed by atoms with van der Waals surface area (Å²) in [7, 11) is 1.51. The first-order chi connectivity index (χ1) is 11.0. The molecule has 1 aromatic carbocycles. The summed E-state index contributed by atoms with van der Waals surface area (Å²) in [6, 6.07) is 5.13. The molecule has 3 heterocycles. The lowest BCUT2D eigenvalue weighted by molar-refractivity contribution is -0.00594. The van der Waals surface area contributed by atoms with Crippen LogP contribution in [0.2, 0.25) is 0 Å². The van der Waals surface area contributed by atoms with E-state index in [4.69, 9.17) is 9.47 Å². The molecule has 23 heavy (non-hydrogen) atoms. The van der Waals surface area contributed by atoms with Gasteiger partial charge in [0.2, 0.25) is 0 Å². The Morgan fingerprint density at radius 3 is 2.57 bits per heavy atom. The predicted octanol–water partition coefficient (Wildman–Crippen LogP) is 2.53. The summed E-state index contributed by atoms with van der Waals surface area (Å²) in [4.78, 5) is 4.87. The van der Waals surface area contributed by atoms with Crippen molar-refractivity contribution >= 4 is 5.69 Å². The van der Waals surface area contributed by atoms with Crippen molar-refractivity contribution in [2.24, 2.45) is 5.41 Å². The van der Waals surface area contributed by atoms with Crippen LogP contribution in [0.5, 0.6) is 5.75 Å². The SMILES string of the molecule is COc1cc(N2CCN(CC34COC(C)(C3)C4)CC2)ccc1F. The minimum Gasteiger partial charge on any atom is -0.494 e. The predicted molar refractivity (Wildman–Crippen MR) is 87.6 cm³/mol. The fraction of sp³-hybridized carbons (Fsp3) is 0.667. The summed E-state index contributed by atoms with van der Waals surface area (Å²) in [5.41, 5.74) is 1.63. The fourth-order valence-corrected chi connectivity index (χ4v) is 4.71. The summed E-state index contributed by atoms with van der Waals surface area (Å²) >= 11 is 0. The van der Waals surface area contributed by atoms with Crippen molar-refractivity contribution in [2.75, 3.05) is 51.3 Å². The monoisotopic (exact) mass is 320 g/mol. The Balaban J connectivity index is 1.34. The van der Waals surface area contributed by atoms with E-state index in [2.05, 4.69) is 16.7 Å². The summed E-state index contributed by atoms with van der Waals surface area (Å²) in [5.74, 6) is 0.0175. The molecular formula is C18H25FN2O2. The molecule has 0 N–H and O–H groups in total. The van der Waals surface area contributed by atoms with Crippen LogP contribution in [0.15, 0.2) is 18.2 Å². The van der Waals surface area contributed by atoms with Crippen molar-refractivity contribution in [2.45, 2.75) is 25.4 Å². The Labute approximate surface area is 137 Å². The Morgan fingerprint density at radius 1 is 1.22 bits per heavy atom. The van der Waals surface area contributed by atoms with E-state index in [9.17, 15) is 4.39 Å². The zero-order valence-corrected chi connectivity index (χ0v) is 14.0. The van der Waals surface area contributed by atoms with Gasteiger partial charge in [-0.15, -0.1) is 0 Å². The molecule has 1 saturated carbocycles. The van der Waals surface area contributed by atoms with Gasteiger partial charge >= 0.3 is 0 Å². The van der Waals surface area contributed by atoms with E-state index in [0.29, 0.717) is 11.2 Å². The molecule has 4 nitrogen and oxygen atoms in total. The Hall–Kier alpha value is -1.33. The van der Waals surface area contributed by atoms with Gasteiger partial charge in [0.1, 0.15) is 0 Å². The molecule has 0 atom stereocenters. The van der Waals surface area contributed by atoms with Crippen molar-refractivity contribution in [3.05, 3.63) is 24.0 Å². The zero-order chi connectivity index (χ0) is 16.1. The summed E-state index contributed by atoms with van der Waals surface area (Å²) in [6.07, 6.45) is 2.44. The van der Waals surface area contributed by atoms with E-state index in [1.54, 1.807) is 6.07 Å². The van der Waals surface area contributed by atoms with Gasteiger partial charge in [-0.1, -0.05) is 0 Å². The quantitative estimate of drug-likeness (QED) is 0.851. The van der Waals surface area contributed by atoms with Crippen LogP contribution in [0.4, 0.5) is 10.1 Å². The van der Waals surface area contributed by atoms with E-state index in [0.717, 1.165) is 45.0 Å². The summed E-state index contributed by atoms with van der Waals surface area (Å²) in [5, 5.41) is 0. The van der Waals surface area contributed by atoms with Gasteiger partial charge in [-0.05, 0) is 31.9 Å². The van der Waals surface area contributed by atoms with E-state index < -0.39 is 0 Å². The number of nitrogens with zero attached hydrogens (tertiary/aromatic N) is 2. The molecule has 1 aliphatic carbocycles. The molecule has 5 heteroatoms. The van der Waals surface area contributed by atoms with Crippen LogP contribution in [0.3, 0.4) is 0 Å². The van der Waals surface area contributed by atoms with Gasteiger partial charge in [-0.2, -0.15) is 0 Å². The molecule has 0 aromatic heterocycles. The van der Waals surface area contributed by atoms with Crippen molar-refractivity contribution in [3.8, 4) is 5.75 Å². The molecule has 3 saturated heterocycles. The first kappa shape index (κ1) is 15.2. The van der Waals surface area contributed by atoms with Crippen LogP contribution < -0.4 is 9.64 Å². The molecule has 1 aromatic rings. The topological polar surface area (TPSA) is 24.9 Å². The molecule has 0 radical (unpaired) electrons. The lowest BCUT2D eigenvalue weighted by atomic mass is 9.63. The van der Waals surface area contributed by atoms with Gasteiger partial charge < -0.3 is 14.4 Å². The number of anilines is 1. The van der Waals surface area contributed by atoms with Crippen LogP contribution in [-0.2, 0) is 4.74 Å². The van der Waals surface area contributed by atoms with E-state index >= 15 is 0 Å². The van der Waals surface area contributed by atoms with Crippen LogP contribution in [0, 0.1) is 11.2 Å². The smallest absolute Gasteiger partial charge is 0.165 e. The first-order valence-corrected chi connectivity index (χ1v) is 8.46. The second-order valence-electron chi connectivity index (χ2n) is 7.67. The number of fused-ring (bicyclic) bond motifs is 1. The highest BCUT2D eigenvalue weighted by Gasteiger charge is 2.59. The van der Waals surface area contributed by atoms with Gasteiger partial charge in [-0.25, -0.2) is 4.39 Å². The number of hydrogen-bond donors (Lipinski definition) is 0. The van der Waals surface area contributed by atoms with E-state index in [-0.39, 0.29) is 11.4 Å². The number of ether oxygens (including phenoxy) is 2. The van der Waals surface area contributed by atoms with Crippen molar-refractivity contribution in [1.29, 1.82) is 0 Å². The maximum atomic E-state index is 13.5. The van der Waals surface area contributed by atoms with Gasteiger partial charge in [0, 0.05) is 49.9 Å². The van der Waals surface area contributed by atoms with Crippen LogP contribution in [0.1, 0.15) is 19.8 Å². The van der Waals surface area contributed by atoms with Crippen LogP contribution in [0.25, 0.3) is 0 Å². The van der Waals surface area contributed by atoms with Gasteiger partial charge in [0.05, 0.1) is 19.3 Å². The normalized spacial score (nSPS) is 33.6. The first-order valence-electron chi connectivity index (χ1n) is 8.46. The Morgan fingerprint density at radius 2 is 1.96 bits per heavy atom. The molecule has 4 aliphatic rings. The highest BCUT2D eigenvalue weighted by Crippen LogP contribution is 2.57. The van der Waals surface area contributed by atoms with Crippen molar-refractivity contribution in [3.63, 3.8) is 0 Å². The number of hydrogen-bond acceptors (Lipinski definition) is 4. The second-order valence-corrected chi connectivity index (χ2v) is 7.67. The molecule has 3 aliphatic heterocycles. The van der Waals surface area contributed by atoms with Crippen LogP contribution in [-0.4, -0.2) is 56.9 Å². The van der Waals surface area contributed by atoms with E-state index in [1.807, 2.05) is 6.07 Å². The molecule has 5 rings (SSSR count). The number of methoxy groups -OCH3 is 1. The lowest BCUT2D eigenvalue weighted by Gasteiger charge is -2.46. The lowest BCUT2D eigenvalue weighted by Crippen LogP contribution is -2.53. The van der Waals surface area contributed by atoms with Crippen molar-refractivity contribution in [1.82, 2.24) is 4.90 Å². The number of halogens is 1. The highest BCUT2D eigenvalue weighted by atomic mass is 19.1. The average molecular weight is 320 g/mol. The highest BCUT2D eigenvalue weighted by molar-refractivity contribution is 5.51. The van der Waals surface area contributed by atoms with Gasteiger partial charge in [0.25, 0.3) is 0 Å². The third-order valence-electron chi connectivity index (χ3n) is 5.66. The fourth-order valence-electron chi connectivity index (χ4n) is 4.71. The standard InChI is InChI=1S/C18H25FN2O2/c1-17-10-18(11-17,13-23-17)12-20-5-7-21(8-6-20)14-3-4-15(19)16(9-14)22-2/h3-4,9H,5-8,10-13H2,1-2H3. The zero-order valence-electron chi connectivity index (χ0n) is 14.0. The van der Waals surface area contributed by atoms with Gasteiger partial charge in [-0.3, -0.25) is 4.90 Å². The molecule has 0 unspecified atom stereocenters. The second kappa shape index (κ2) is 5.35. The molecule has 126 valence electrons. The van der Waals surface area contributed by atoms with Gasteiger partial charge in [0.15, 0.2) is 11.6 Å². The largest absolute Gasteiger partial charge is 0.494 e. The molecule has 0 amide bonds. The number of piperazine rings is 1. The Bertz CT molecular complexity index is 593.